The second-order valence-electron chi connectivity index (χ2n) is 6.29. The first-order chi connectivity index (χ1) is 13.8. The summed E-state index contributed by atoms with van der Waals surface area (Å²) in [5, 5.41) is 6.80. The Morgan fingerprint density at radius 1 is 0.897 bits per heavy atom. The van der Waals surface area contributed by atoms with Crippen LogP contribution in [0.1, 0.15) is 17.0 Å². The molecular weight excluding hydrogens is 401 g/mol. The van der Waals surface area contributed by atoms with Gasteiger partial charge in [0, 0.05) is 11.9 Å². The van der Waals surface area contributed by atoms with E-state index in [-0.39, 0.29) is 0 Å². The predicted molar refractivity (Wildman–Crippen MR) is 107 cm³/mol. The number of hydrogen-bond acceptors (Lipinski definition) is 7. The van der Waals surface area contributed by atoms with Crippen LogP contribution in [0.2, 0.25) is 0 Å². The van der Waals surface area contributed by atoms with Crippen molar-refractivity contribution in [2.24, 2.45) is 0 Å². The molecule has 2 N–H and O–H groups in total. The van der Waals surface area contributed by atoms with Gasteiger partial charge in [0.15, 0.2) is 15.8 Å². The van der Waals surface area contributed by atoms with Crippen LogP contribution in [-0.4, -0.2) is 19.9 Å². The minimum atomic E-state index is -4.38. The summed E-state index contributed by atoms with van der Waals surface area (Å²) in [6.45, 7) is 3.68. The van der Waals surface area contributed by atoms with Crippen molar-refractivity contribution in [2.45, 2.75) is 20.0 Å². The monoisotopic (exact) mass is 416 g/mol. The number of thiazole rings is 1. The fraction of sp³-hybridized carbons (Fsp3) is 0.158. The van der Waals surface area contributed by atoms with Crippen molar-refractivity contribution in [1.29, 1.82) is 0 Å². The Bertz CT molecular complexity index is 1170. The van der Waals surface area contributed by atoms with Gasteiger partial charge in [-0.2, -0.15) is 13.2 Å². The zero-order valence-corrected chi connectivity index (χ0v) is 16.2. The molecule has 1 aromatic carbocycles. The molecule has 0 saturated carbocycles. The molecule has 0 unspecified atom stereocenters. The highest BCUT2D eigenvalue weighted by Crippen LogP contribution is 2.33. The summed E-state index contributed by atoms with van der Waals surface area (Å²) in [5.41, 5.74) is 1.26. The van der Waals surface area contributed by atoms with Crippen LogP contribution in [0.4, 0.5) is 35.6 Å². The minimum absolute atomic E-state index is 0.425. The first-order valence-corrected chi connectivity index (χ1v) is 9.39. The van der Waals surface area contributed by atoms with Crippen LogP contribution in [0.15, 0.2) is 42.6 Å². The molecular formula is C19H15F3N6S. The third kappa shape index (κ3) is 4.11. The number of halogens is 3. The van der Waals surface area contributed by atoms with E-state index in [4.69, 9.17) is 0 Å². The summed E-state index contributed by atoms with van der Waals surface area (Å²) in [5.74, 6) is 1.64. The Morgan fingerprint density at radius 2 is 1.66 bits per heavy atom. The molecule has 0 aliphatic carbocycles. The molecule has 0 fully saturated rings. The minimum Gasteiger partial charge on any atom is -0.338 e. The predicted octanol–water partition coefficient (Wildman–Crippen LogP) is 5.60. The van der Waals surface area contributed by atoms with Gasteiger partial charge in [-0.1, -0.05) is 17.4 Å². The number of alkyl halides is 3. The first-order valence-electron chi connectivity index (χ1n) is 8.58. The second-order valence-corrected chi connectivity index (χ2v) is 7.26. The number of aryl methyl sites for hydroxylation is 2. The lowest BCUT2D eigenvalue weighted by Crippen LogP contribution is -2.05. The van der Waals surface area contributed by atoms with Crippen molar-refractivity contribution >= 4 is 44.1 Å². The van der Waals surface area contributed by atoms with Crippen LogP contribution in [-0.2, 0) is 6.18 Å². The number of aromatic nitrogens is 4. The molecule has 0 atom stereocenters. The Kier molecular flexibility index (Phi) is 4.79. The zero-order chi connectivity index (χ0) is 20.6. The van der Waals surface area contributed by atoms with Gasteiger partial charge in [-0.05, 0) is 49.7 Å². The average Bonchev–Trinajstić information content (AvgIpc) is 3.06. The standard InChI is InChI=1S/C19H15F3N6S/c1-10-4-3-9-23-15(10)28-18-27-14-16(24-11(2)25-17(14)29-18)26-13-7-5-12(6-8-13)19(20,21)22/h3-9H,1-2H3,(H,23,27,28)(H,24,25,26). The molecule has 0 spiro atoms. The van der Waals surface area contributed by atoms with Gasteiger partial charge in [-0.15, -0.1) is 0 Å². The van der Waals surface area contributed by atoms with Crippen LogP contribution in [0.3, 0.4) is 0 Å². The molecule has 148 valence electrons. The van der Waals surface area contributed by atoms with Gasteiger partial charge in [-0.3, -0.25) is 0 Å². The normalized spacial score (nSPS) is 11.6. The summed E-state index contributed by atoms with van der Waals surface area (Å²) < 4.78 is 38.3. The lowest BCUT2D eigenvalue weighted by atomic mass is 10.2. The van der Waals surface area contributed by atoms with Crippen LogP contribution < -0.4 is 10.6 Å². The molecule has 0 saturated heterocycles. The number of fused-ring (bicyclic) bond motifs is 1. The number of pyridine rings is 1. The topological polar surface area (TPSA) is 75.6 Å². The highest BCUT2D eigenvalue weighted by Gasteiger charge is 2.30. The fourth-order valence-corrected chi connectivity index (χ4v) is 3.55. The summed E-state index contributed by atoms with van der Waals surface area (Å²) in [6.07, 6.45) is -2.69. The Hall–Kier alpha value is -3.27. The Labute approximate surface area is 167 Å². The highest BCUT2D eigenvalue weighted by molar-refractivity contribution is 7.21. The lowest BCUT2D eigenvalue weighted by Gasteiger charge is -2.09. The summed E-state index contributed by atoms with van der Waals surface area (Å²) in [7, 11) is 0. The van der Waals surface area contributed by atoms with Gasteiger partial charge in [0.1, 0.15) is 17.2 Å². The smallest absolute Gasteiger partial charge is 0.338 e. The second kappa shape index (κ2) is 7.28. The summed E-state index contributed by atoms with van der Waals surface area (Å²) in [6, 6.07) is 8.53. The molecule has 4 rings (SSSR count). The van der Waals surface area contributed by atoms with Gasteiger partial charge < -0.3 is 10.6 Å². The van der Waals surface area contributed by atoms with E-state index < -0.39 is 11.7 Å². The summed E-state index contributed by atoms with van der Waals surface area (Å²) in [4.78, 5) is 18.3. The Morgan fingerprint density at radius 3 is 2.34 bits per heavy atom. The van der Waals surface area contributed by atoms with E-state index in [0.717, 1.165) is 17.7 Å². The van der Waals surface area contributed by atoms with Crippen LogP contribution in [0.25, 0.3) is 10.3 Å². The maximum absolute atomic E-state index is 12.8. The van der Waals surface area contributed by atoms with Crippen molar-refractivity contribution in [3.63, 3.8) is 0 Å². The Balaban J connectivity index is 1.66. The van der Waals surface area contributed by atoms with Crippen LogP contribution in [0.5, 0.6) is 0 Å². The molecule has 4 aromatic rings. The maximum atomic E-state index is 12.8. The maximum Gasteiger partial charge on any atom is 0.416 e. The van der Waals surface area contributed by atoms with E-state index >= 15 is 0 Å². The summed E-state index contributed by atoms with van der Waals surface area (Å²) >= 11 is 1.34. The molecule has 6 nitrogen and oxygen atoms in total. The van der Waals surface area contributed by atoms with E-state index in [0.29, 0.717) is 38.6 Å². The largest absolute Gasteiger partial charge is 0.416 e. The molecule has 0 aliphatic heterocycles. The van der Waals surface area contributed by atoms with E-state index in [2.05, 4.69) is 30.6 Å². The van der Waals surface area contributed by atoms with Crippen molar-refractivity contribution in [3.8, 4) is 0 Å². The first kappa shape index (κ1) is 19.1. The van der Waals surface area contributed by atoms with Gasteiger partial charge in [0.05, 0.1) is 5.56 Å². The van der Waals surface area contributed by atoms with E-state index in [1.54, 1.807) is 13.1 Å². The van der Waals surface area contributed by atoms with Gasteiger partial charge in [0.2, 0.25) is 0 Å². The number of rotatable bonds is 4. The van der Waals surface area contributed by atoms with E-state index in [1.165, 1.54) is 23.5 Å². The van der Waals surface area contributed by atoms with Crippen molar-refractivity contribution in [2.75, 3.05) is 10.6 Å². The number of nitrogens with zero attached hydrogens (tertiary/aromatic N) is 4. The van der Waals surface area contributed by atoms with Crippen LogP contribution in [0, 0.1) is 13.8 Å². The molecule has 10 heteroatoms. The van der Waals surface area contributed by atoms with Crippen molar-refractivity contribution in [1.82, 2.24) is 19.9 Å². The molecule has 3 heterocycles. The molecule has 0 aliphatic rings. The average molecular weight is 416 g/mol. The molecule has 29 heavy (non-hydrogen) atoms. The third-order valence-electron chi connectivity index (χ3n) is 4.08. The molecule has 0 radical (unpaired) electrons. The highest BCUT2D eigenvalue weighted by atomic mass is 32.1. The van der Waals surface area contributed by atoms with E-state index in [1.807, 2.05) is 19.1 Å². The molecule has 0 bridgehead atoms. The molecule has 3 aromatic heterocycles. The van der Waals surface area contributed by atoms with Gasteiger partial charge in [0.25, 0.3) is 0 Å². The van der Waals surface area contributed by atoms with Crippen molar-refractivity contribution < 1.29 is 13.2 Å². The quantitative estimate of drug-likeness (QED) is 0.451. The van der Waals surface area contributed by atoms with Crippen LogP contribution >= 0.6 is 11.3 Å². The van der Waals surface area contributed by atoms with Gasteiger partial charge >= 0.3 is 6.18 Å². The number of anilines is 4. The number of nitrogens with one attached hydrogen (secondary N) is 2. The number of hydrogen-bond donors (Lipinski definition) is 2. The van der Waals surface area contributed by atoms with E-state index in [9.17, 15) is 13.2 Å². The SMILES string of the molecule is Cc1nc(Nc2ccc(C(F)(F)F)cc2)c2nc(Nc3ncccc3C)sc2n1. The van der Waals surface area contributed by atoms with Crippen molar-refractivity contribution in [3.05, 3.63) is 59.5 Å². The zero-order valence-electron chi connectivity index (χ0n) is 15.4. The fourth-order valence-electron chi connectivity index (χ4n) is 2.67. The lowest BCUT2D eigenvalue weighted by molar-refractivity contribution is -0.137. The molecule has 0 amide bonds. The number of benzene rings is 1. The van der Waals surface area contributed by atoms with Gasteiger partial charge in [-0.25, -0.2) is 19.9 Å². The third-order valence-corrected chi connectivity index (χ3v) is 4.94.